The van der Waals surface area contributed by atoms with E-state index in [-0.39, 0.29) is 5.82 Å². The normalized spacial score (nSPS) is 11.3. The van der Waals surface area contributed by atoms with Crippen LogP contribution in [0.3, 0.4) is 0 Å². The average molecular weight is 294 g/mol. The van der Waals surface area contributed by atoms with E-state index in [0.29, 0.717) is 0 Å². The van der Waals surface area contributed by atoms with E-state index >= 15 is 0 Å². The van der Waals surface area contributed by atoms with Crippen LogP contribution in [0.4, 0.5) is 4.39 Å². The van der Waals surface area contributed by atoms with Gasteiger partial charge in [-0.05, 0) is 30.0 Å². The minimum atomic E-state index is -0.244. The molecule has 1 aromatic carbocycles. The maximum absolute atomic E-state index is 12.9. The van der Waals surface area contributed by atoms with Gasteiger partial charge in [0.1, 0.15) is 10.8 Å². The summed E-state index contributed by atoms with van der Waals surface area (Å²) in [7, 11) is 0. The van der Waals surface area contributed by atoms with Crippen LogP contribution in [-0.4, -0.2) is 25.6 Å². The van der Waals surface area contributed by atoms with E-state index in [2.05, 4.69) is 22.2 Å². The lowest BCUT2D eigenvalue weighted by molar-refractivity contribution is 0.628. The molecule has 3 aromatic rings. The number of hydrogen-bond acceptors (Lipinski definition) is 5. The lowest BCUT2D eigenvalue weighted by Crippen LogP contribution is -1.94. The van der Waals surface area contributed by atoms with Gasteiger partial charge in [-0.2, -0.15) is 21.4 Å². The van der Waals surface area contributed by atoms with Crippen molar-refractivity contribution in [3.63, 3.8) is 0 Å². The van der Waals surface area contributed by atoms with Gasteiger partial charge >= 0.3 is 0 Å². The van der Waals surface area contributed by atoms with E-state index in [1.54, 1.807) is 28.4 Å². The molecular weight excluding hydrogens is 283 g/mol. The van der Waals surface area contributed by atoms with Crippen molar-refractivity contribution in [2.24, 2.45) is 0 Å². The van der Waals surface area contributed by atoms with Crippen LogP contribution in [0.25, 0.3) is 15.5 Å². The molecule has 0 unspecified atom stereocenters. The van der Waals surface area contributed by atoms with E-state index in [1.807, 2.05) is 0 Å². The third kappa shape index (κ3) is 2.48. The van der Waals surface area contributed by atoms with Crippen LogP contribution < -0.4 is 0 Å². The summed E-state index contributed by atoms with van der Waals surface area (Å²) in [6, 6.07) is 6.32. The second-order valence-corrected chi connectivity index (χ2v) is 6.09. The summed E-state index contributed by atoms with van der Waals surface area (Å²) in [5, 5.41) is 13.6. The molecule has 0 aliphatic rings. The van der Waals surface area contributed by atoms with Gasteiger partial charge in [0.15, 0.2) is 5.82 Å². The molecule has 0 radical (unpaired) electrons. The van der Waals surface area contributed by atoms with Gasteiger partial charge in [-0.1, -0.05) is 18.3 Å². The third-order valence-corrected chi connectivity index (χ3v) is 4.40. The quantitative estimate of drug-likeness (QED) is 0.741. The Morgan fingerprint density at radius 2 is 2.05 bits per heavy atom. The molecule has 0 spiro atoms. The van der Waals surface area contributed by atoms with Crippen LogP contribution in [-0.2, 0) is 5.75 Å². The van der Waals surface area contributed by atoms with Crippen LogP contribution in [0.15, 0.2) is 24.3 Å². The summed E-state index contributed by atoms with van der Waals surface area (Å²) < 4.78 is 14.7. The Bertz CT molecular complexity index is 689. The average Bonchev–Trinajstić information content (AvgIpc) is 2.98. The molecule has 0 fully saturated rings. The summed E-state index contributed by atoms with van der Waals surface area (Å²) in [6.07, 6.45) is 0. The van der Waals surface area contributed by atoms with Gasteiger partial charge in [0, 0.05) is 5.56 Å². The number of thioether (sulfide) groups is 1. The Balaban J connectivity index is 1.97. The lowest BCUT2D eigenvalue weighted by atomic mass is 10.2. The van der Waals surface area contributed by atoms with Gasteiger partial charge in [0.2, 0.25) is 4.96 Å². The number of rotatable bonds is 4. The van der Waals surface area contributed by atoms with Crippen molar-refractivity contribution in [2.75, 3.05) is 5.75 Å². The van der Waals surface area contributed by atoms with E-state index in [1.165, 1.54) is 23.5 Å². The van der Waals surface area contributed by atoms with Crippen LogP contribution in [0.5, 0.6) is 0 Å². The Kier molecular flexibility index (Phi) is 3.48. The van der Waals surface area contributed by atoms with Gasteiger partial charge in [0.25, 0.3) is 0 Å². The fourth-order valence-corrected chi connectivity index (χ4v) is 3.08. The van der Waals surface area contributed by atoms with Gasteiger partial charge in [-0.25, -0.2) is 4.39 Å². The van der Waals surface area contributed by atoms with Crippen molar-refractivity contribution in [2.45, 2.75) is 12.7 Å². The number of nitrogens with zero attached hydrogens (tertiary/aromatic N) is 4. The minimum absolute atomic E-state index is 0.244. The first-order chi connectivity index (χ1) is 9.28. The maximum atomic E-state index is 12.9. The first-order valence-corrected chi connectivity index (χ1v) is 7.80. The zero-order chi connectivity index (χ0) is 13.2. The summed E-state index contributed by atoms with van der Waals surface area (Å²) >= 11 is 3.24. The number of benzene rings is 1. The molecule has 3 rings (SSSR count). The predicted molar refractivity (Wildman–Crippen MR) is 75.9 cm³/mol. The fourth-order valence-electron chi connectivity index (χ4n) is 1.65. The molecule has 4 nitrogen and oxygen atoms in total. The second-order valence-electron chi connectivity index (χ2n) is 3.86. The molecular formula is C12H11FN4S2. The molecule has 0 saturated carbocycles. The topological polar surface area (TPSA) is 43.1 Å². The van der Waals surface area contributed by atoms with Crippen molar-refractivity contribution in [3.05, 3.63) is 35.9 Å². The fraction of sp³-hybridized carbons (Fsp3) is 0.250. The molecule has 0 aliphatic heterocycles. The molecule has 19 heavy (non-hydrogen) atoms. The Hall–Kier alpha value is -1.47. The first-order valence-electron chi connectivity index (χ1n) is 5.82. The van der Waals surface area contributed by atoms with Crippen LogP contribution in [0, 0.1) is 5.82 Å². The molecule has 7 heteroatoms. The zero-order valence-electron chi connectivity index (χ0n) is 10.2. The minimum Gasteiger partial charge on any atom is -0.207 e. The molecule has 0 aliphatic carbocycles. The van der Waals surface area contributed by atoms with Gasteiger partial charge in [-0.3, -0.25) is 0 Å². The highest BCUT2D eigenvalue weighted by atomic mass is 32.2. The monoisotopic (exact) mass is 294 g/mol. The summed E-state index contributed by atoms with van der Waals surface area (Å²) in [5.41, 5.74) is 0.894. The third-order valence-electron chi connectivity index (χ3n) is 2.58. The van der Waals surface area contributed by atoms with E-state index in [9.17, 15) is 4.39 Å². The molecule has 98 valence electrons. The van der Waals surface area contributed by atoms with Crippen molar-refractivity contribution >= 4 is 28.1 Å². The van der Waals surface area contributed by atoms with Crippen LogP contribution in [0.1, 0.15) is 12.7 Å². The van der Waals surface area contributed by atoms with E-state index in [0.717, 1.165) is 32.9 Å². The number of hydrogen-bond donors (Lipinski definition) is 0. The summed E-state index contributed by atoms with van der Waals surface area (Å²) in [6.45, 7) is 2.11. The molecule has 0 amide bonds. The smallest absolute Gasteiger partial charge is 0.207 e. The number of fused-ring (bicyclic) bond motifs is 1. The molecule has 0 bridgehead atoms. The summed E-state index contributed by atoms with van der Waals surface area (Å²) in [5.74, 6) is 2.44. The molecule has 0 N–H and O–H groups in total. The lowest BCUT2D eigenvalue weighted by Gasteiger charge is -1.95. The van der Waals surface area contributed by atoms with Gasteiger partial charge < -0.3 is 0 Å². The highest BCUT2D eigenvalue weighted by Gasteiger charge is 2.12. The first kappa shape index (κ1) is 12.6. The largest absolute Gasteiger partial charge is 0.235 e. The van der Waals surface area contributed by atoms with Crippen molar-refractivity contribution in [3.8, 4) is 10.6 Å². The van der Waals surface area contributed by atoms with Crippen molar-refractivity contribution in [1.29, 1.82) is 0 Å². The SMILES string of the molecule is CCSCc1nnc2sc(-c3ccc(F)cc3)nn12. The molecule has 0 saturated heterocycles. The van der Waals surface area contributed by atoms with Gasteiger partial charge in [0.05, 0.1) is 5.75 Å². The Morgan fingerprint density at radius 3 is 2.79 bits per heavy atom. The summed E-state index contributed by atoms with van der Waals surface area (Å²) in [4.78, 5) is 0.769. The molecule has 0 atom stereocenters. The number of halogens is 1. The van der Waals surface area contributed by atoms with Gasteiger partial charge in [-0.15, -0.1) is 10.2 Å². The molecule has 2 aromatic heterocycles. The van der Waals surface area contributed by atoms with Crippen LogP contribution in [0.2, 0.25) is 0 Å². The van der Waals surface area contributed by atoms with Crippen molar-refractivity contribution < 1.29 is 4.39 Å². The zero-order valence-corrected chi connectivity index (χ0v) is 11.8. The molecule has 2 heterocycles. The number of aromatic nitrogens is 4. The Morgan fingerprint density at radius 1 is 1.26 bits per heavy atom. The second kappa shape index (κ2) is 5.26. The van der Waals surface area contributed by atoms with Crippen LogP contribution >= 0.6 is 23.1 Å². The van der Waals surface area contributed by atoms with E-state index < -0.39 is 0 Å². The van der Waals surface area contributed by atoms with E-state index in [4.69, 9.17) is 0 Å². The highest BCUT2D eigenvalue weighted by molar-refractivity contribution is 7.98. The standard InChI is InChI=1S/C12H11FN4S2/c1-2-18-7-10-14-15-12-17(10)16-11(19-12)8-3-5-9(13)6-4-8/h3-6H,2,7H2,1H3. The predicted octanol–water partition coefficient (Wildman–Crippen LogP) is 3.25. The highest BCUT2D eigenvalue weighted by Crippen LogP contribution is 2.26. The van der Waals surface area contributed by atoms with Crippen molar-refractivity contribution in [1.82, 2.24) is 19.8 Å². The maximum Gasteiger partial charge on any atom is 0.235 e. The Labute approximate surface area is 117 Å².